The molecule has 2 N–H and O–H groups in total. The molecule has 1 saturated heterocycles. The molecule has 1 aliphatic rings. The van der Waals surface area contributed by atoms with Gasteiger partial charge >= 0.3 is 0 Å². The zero-order valence-electron chi connectivity index (χ0n) is 11.7. The van der Waals surface area contributed by atoms with E-state index in [1.165, 1.54) is 42.9 Å². The number of rotatable bonds is 4. The van der Waals surface area contributed by atoms with Gasteiger partial charge in [0, 0.05) is 38.4 Å². The summed E-state index contributed by atoms with van der Waals surface area (Å²) in [5.74, 6) is 0. The molecule has 3 nitrogen and oxygen atoms in total. The minimum Gasteiger partial charge on any atom is -0.368 e. The maximum absolute atomic E-state index is 5.86. The number of hydrogen-bond acceptors (Lipinski definition) is 3. The van der Waals surface area contributed by atoms with E-state index in [2.05, 4.69) is 41.8 Å². The lowest BCUT2D eigenvalue weighted by atomic mass is 10.1. The summed E-state index contributed by atoms with van der Waals surface area (Å²) in [5, 5.41) is 0. The molecule has 1 fully saturated rings. The van der Waals surface area contributed by atoms with Crippen LogP contribution in [0.3, 0.4) is 0 Å². The van der Waals surface area contributed by atoms with Gasteiger partial charge in [0.1, 0.15) is 0 Å². The second kappa shape index (κ2) is 6.21. The topological polar surface area (TPSA) is 32.5 Å². The normalized spacial score (nSPS) is 17.2. The third kappa shape index (κ3) is 2.85. The molecule has 3 heteroatoms. The first-order valence-electron chi connectivity index (χ1n) is 7.02. The van der Waals surface area contributed by atoms with Crippen molar-refractivity contribution in [3.8, 4) is 0 Å². The largest absolute Gasteiger partial charge is 0.368 e. The number of hydrogen-bond donors (Lipinski definition) is 1. The van der Waals surface area contributed by atoms with Crippen molar-refractivity contribution in [1.29, 1.82) is 0 Å². The fourth-order valence-corrected chi connectivity index (χ4v) is 2.85. The summed E-state index contributed by atoms with van der Waals surface area (Å²) in [7, 11) is 0. The lowest BCUT2D eigenvalue weighted by Crippen LogP contribution is -2.47. The molecule has 100 valence electrons. The maximum Gasteiger partial charge on any atom is 0.0442 e. The molecule has 1 heterocycles. The van der Waals surface area contributed by atoms with E-state index < -0.39 is 0 Å². The second-order valence-electron chi connectivity index (χ2n) is 5.12. The van der Waals surface area contributed by atoms with Crippen LogP contribution in [0.2, 0.25) is 0 Å². The van der Waals surface area contributed by atoms with E-state index in [-0.39, 0.29) is 0 Å². The van der Waals surface area contributed by atoms with Gasteiger partial charge in [0.05, 0.1) is 0 Å². The summed E-state index contributed by atoms with van der Waals surface area (Å²) in [6.07, 6.45) is 1.25. The summed E-state index contributed by atoms with van der Waals surface area (Å²) < 4.78 is 0. The van der Waals surface area contributed by atoms with E-state index in [1.807, 2.05) is 0 Å². The number of para-hydroxylation sites is 1. The van der Waals surface area contributed by atoms with Crippen molar-refractivity contribution in [3.63, 3.8) is 0 Å². The number of nitrogens with zero attached hydrogens (tertiary/aromatic N) is 2. The number of benzene rings is 1. The predicted octanol–water partition coefficient (Wildman–Crippen LogP) is 1.99. The summed E-state index contributed by atoms with van der Waals surface area (Å²) in [4.78, 5) is 5.06. The highest BCUT2D eigenvalue weighted by atomic mass is 15.3. The highest BCUT2D eigenvalue weighted by Gasteiger charge is 2.19. The van der Waals surface area contributed by atoms with Crippen molar-refractivity contribution < 1.29 is 0 Å². The minimum atomic E-state index is 0.631. The quantitative estimate of drug-likeness (QED) is 0.883. The fourth-order valence-electron chi connectivity index (χ4n) is 2.85. The molecule has 0 spiro atoms. The Morgan fingerprint density at radius 1 is 1.17 bits per heavy atom. The van der Waals surface area contributed by atoms with E-state index in [9.17, 15) is 0 Å². The zero-order valence-corrected chi connectivity index (χ0v) is 11.7. The average Bonchev–Trinajstić information content (AvgIpc) is 2.40. The minimum absolute atomic E-state index is 0.631. The Balaban J connectivity index is 2.09. The average molecular weight is 247 g/mol. The van der Waals surface area contributed by atoms with Crippen LogP contribution in [0, 0.1) is 6.92 Å². The van der Waals surface area contributed by atoms with Crippen LogP contribution in [0.4, 0.5) is 5.69 Å². The highest BCUT2D eigenvalue weighted by molar-refractivity contribution is 5.59. The van der Waals surface area contributed by atoms with Crippen LogP contribution < -0.4 is 10.6 Å². The van der Waals surface area contributed by atoms with Crippen LogP contribution in [0.5, 0.6) is 0 Å². The van der Waals surface area contributed by atoms with Gasteiger partial charge < -0.3 is 10.6 Å². The highest BCUT2D eigenvalue weighted by Crippen LogP contribution is 2.26. The standard InChI is InChI=1S/C15H25N3/c1-3-7-17-8-10-18(11-9-17)15-13(2)5-4-6-14(15)12-16/h4-6H,3,7-12,16H2,1-2H3. The van der Waals surface area contributed by atoms with Crippen LogP contribution in [-0.4, -0.2) is 37.6 Å². The van der Waals surface area contributed by atoms with Gasteiger partial charge in [-0.05, 0) is 31.0 Å². The Labute approximate surface area is 111 Å². The van der Waals surface area contributed by atoms with E-state index in [1.54, 1.807) is 0 Å². The molecule has 0 amide bonds. The molecule has 2 rings (SSSR count). The first-order chi connectivity index (χ1) is 8.76. The Morgan fingerprint density at radius 3 is 2.50 bits per heavy atom. The van der Waals surface area contributed by atoms with Crippen molar-refractivity contribution in [3.05, 3.63) is 29.3 Å². The Morgan fingerprint density at radius 2 is 1.89 bits per heavy atom. The van der Waals surface area contributed by atoms with E-state index in [4.69, 9.17) is 5.73 Å². The SMILES string of the molecule is CCCN1CCN(c2c(C)cccc2CN)CC1. The molecular formula is C15H25N3. The second-order valence-corrected chi connectivity index (χ2v) is 5.12. The zero-order chi connectivity index (χ0) is 13.0. The summed E-state index contributed by atoms with van der Waals surface area (Å²) >= 11 is 0. The molecule has 1 aromatic carbocycles. The Hall–Kier alpha value is -1.06. The molecule has 0 bridgehead atoms. The number of piperazine rings is 1. The molecular weight excluding hydrogens is 222 g/mol. The summed E-state index contributed by atoms with van der Waals surface area (Å²) in [6.45, 7) is 10.9. The lowest BCUT2D eigenvalue weighted by Gasteiger charge is -2.37. The third-order valence-corrected chi connectivity index (χ3v) is 3.77. The van der Waals surface area contributed by atoms with Gasteiger partial charge in [0.25, 0.3) is 0 Å². The monoisotopic (exact) mass is 247 g/mol. The van der Waals surface area contributed by atoms with Crippen LogP contribution in [0.1, 0.15) is 24.5 Å². The maximum atomic E-state index is 5.86. The number of nitrogens with two attached hydrogens (primary N) is 1. The number of aryl methyl sites for hydroxylation is 1. The predicted molar refractivity (Wildman–Crippen MR) is 78.0 cm³/mol. The van der Waals surface area contributed by atoms with Crippen molar-refractivity contribution in [2.75, 3.05) is 37.6 Å². The third-order valence-electron chi connectivity index (χ3n) is 3.77. The van der Waals surface area contributed by atoms with Crippen LogP contribution in [0.25, 0.3) is 0 Å². The molecule has 0 unspecified atom stereocenters. The van der Waals surface area contributed by atoms with Gasteiger partial charge in [-0.3, -0.25) is 4.90 Å². The molecule has 18 heavy (non-hydrogen) atoms. The van der Waals surface area contributed by atoms with Gasteiger partial charge in [0.2, 0.25) is 0 Å². The number of anilines is 1. The molecule has 1 aromatic rings. The van der Waals surface area contributed by atoms with Gasteiger partial charge in [-0.1, -0.05) is 25.1 Å². The Kier molecular flexibility index (Phi) is 4.61. The fraction of sp³-hybridized carbons (Fsp3) is 0.600. The van der Waals surface area contributed by atoms with Crippen molar-refractivity contribution in [2.24, 2.45) is 5.73 Å². The van der Waals surface area contributed by atoms with Crippen LogP contribution in [0.15, 0.2) is 18.2 Å². The van der Waals surface area contributed by atoms with Gasteiger partial charge in [-0.25, -0.2) is 0 Å². The van der Waals surface area contributed by atoms with E-state index in [0.29, 0.717) is 6.54 Å². The lowest BCUT2D eigenvalue weighted by molar-refractivity contribution is 0.258. The van der Waals surface area contributed by atoms with Gasteiger partial charge in [-0.2, -0.15) is 0 Å². The van der Waals surface area contributed by atoms with E-state index in [0.717, 1.165) is 13.1 Å². The van der Waals surface area contributed by atoms with Crippen molar-refractivity contribution in [2.45, 2.75) is 26.8 Å². The smallest absolute Gasteiger partial charge is 0.0442 e. The first kappa shape index (κ1) is 13.4. The van der Waals surface area contributed by atoms with Crippen LogP contribution in [-0.2, 0) is 6.54 Å². The van der Waals surface area contributed by atoms with Crippen molar-refractivity contribution >= 4 is 5.69 Å². The van der Waals surface area contributed by atoms with Gasteiger partial charge in [-0.15, -0.1) is 0 Å². The molecule has 0 saturated carbocycles. The molecule has 0 aromatic heterocycles. The Bertz CT molecular complexity index is 381. The summed E-state index contributed by atoms with van der Waals surface area (Å²) in [6, 6.07) is 6.45. The van der Waals surface area contributed by atoms with E-state index >= 15 is 0 Å². The molecule has 0 radical (unpaired) electrons. The first-order valence-corrected chi connectivity index (χ1v) is 7.02. The summed E-state index contributed by atoms with van der Waals surface area (Å²) in [5.41, 5.74) is 9.86. The van der Waals surface area contributed by atoms with Gasteiger partial charge in [0.15, 0.2) is 0 Å². The molecule has 1 aliphatic heterocycles. The molecule has 0 aliphatic carbocycles. The van der Waals surface area contributed by atoms with Crippen LogP contribution >= 0.6 is 0 Å². The van der Waals surface area contributed by atoms with Crippen molar-refractivity contribution in [1.82, 2.24) is 4.90 Å². The molecule has 0 atom stereocenters.